The third kappa shape index (κ3) is 2.96. The van der Waals surface area contributed by atoms with Gasteiger partial charge in [0.1, 0.15) is 0 Å². The summed E-state index contributed by atoms with van der Waals surface area (Å²) < 4.78 is 5.73. The van der Waals surface area contributed by atoms with Gasteiger partial charge in [-0.2, -0.15) is 0 Å². The molecule has 1 fully saturated rings. The maximum Gasteiger partial charge on any atom is 0.0731 e. The van der Waals surface area contributed by atoms with Crippen molar-refractivity contribution in [2.45, 2.75) is 52.2 Å². The van der Waals surface area contributed by atoms with Gasteiger partial charge in [0.25, 0.3) is 0 Å². The van der Waals surface area contributed by atoms with Gasteiger partial charge in [-0.15, -0.1) is 0 Å². The first-order valence-corrected chi connectivity index (χ1v) is 5.64. The topological polar surface area (TPSA) is 21.3 Å². The largest absolute Gasteiger partial charge is 0.377 e. The van der Waals surface area contributed by atoms with Gasteiger partial charge in [-0.05, 0) is 25.3 Å². The monoisotopic (exact) mass is 185 g/mol. The minimum absolute atomic E-state index is 0.467. The van der Waals surface area contributed by atoms with Crippen molar-refractivity contribution >= 4 is 0 Å². The highest BCUT2D eigenvalue weighted by molar-refractivity contribution is 4.83. The van der Waals surface area contributed by atoms with Crippen LogP contribution in [0.5, 0.6) is 0 Å². The molecule has 0 amide bonds. The lowest BCUT2D eigenvalue weighted by atomic mass is 9.93. The Morgan fingerprint density at radius 3 is 2.69 bits per heavy atom. The number of likely N-dealkylation sites (N-methyl/N-ethyl adjacent to an activating group) is 1. The van der Waals surface area contributed by atoms with Gasteiger partial charge in [0.05, 0.1) is 6.10 Å². The molecule has 1 rings (SSSR count). The van der Waals surface area contributed by atoms with E-state index in [1.165, 1.54) is 19.3 Å². The predicted molar refractivity (Wildman–Crippen MR) is 55.9 cm³/mol. The van der Waals surface area contributed by atoms with Gasteiger partial charge in [0, 0.05) is 12.6 Å². The molecule has 1 aliphatic rings. The lowest BCUT2D eigenvalue weighted by Crippen LogP contribution is -2.44. The third-order valence-corrected chi connectivity index (χ3v) is 3.06. The molecular weight excluding hydrogens is 162 g/mol. The fourth-order valence-electron chi connectivity index (χ4n) is 2.07. The van der Waals surface area contributed by atoms with E-state index in [9.17, 15) is 0 Å². The van der Waals surface area contributed by atoms with Crippen LogP contribution in [0.3, 0.4) is 0 Å². The van der Waals surface area contributed by atoms with Crippen molar-refractivity contribution < 1.29 is 4.74 Å². The van der Waals surface area contributed by atoms with Crippen LogP contribution in [0.15, 0.2) is 0 Å². The summed E-state index contributed by atoms with van der Waals surface area (Å²) in [6.07, 6.45) is 4.18. The van der Waals surface area contributed by atoms with Crippen molar-refractivity contribution in [3.05, 3.63) is 0 Å². The van der Waals surface area contributed by atoms with Crippen molar-refractivity contribution in [3.8, 4) is 0 Å². The Morgan fingerprint density at radius 1 is 1.46 bits per heavy atom. The molecular formula is C11H23NO. The van der Waals surface area contributed by atoms with Crippen LogP contribution in [0.25, 0.3) is 0 Å². The minimum atomic E-state index is 0.467. The molecule has 0 saturated carbocycles. The van der Waals surface area contributed by atoms with Crippen LogP contribution < -0.4 is 5.32 Å². The second-order valence-corrected chi connectivity index (χ2v) is 4.02. The number of hydrogen-bond donors (Lipinski definition) is 1. The number of hydrogen-bond acceptors (Lipinski definition) is 2. The summed E-state index contributed by atoms with van der Waals surface area (Å²) in [5.74, 6) is 0.725. The molecule has 1 heterocycles. The van der Waals surface area contributed by atoms with Gasteiger partial charge in [0.2, 0.25) is 0 Å². The Bertz CT molecular complexity index is 132. The first-order valence-electron chi connectivity index (χ1n) is 5.64. The van der Waals surface area contributed by atoms with Crippen LogP contribution in [0, 0.1) is 5.92 Å². The highest BCUT2D eigenvalue weighted by Crippen LogP contribution is 2.22. The van der Waals surface area contributed by atoms with E-state index in [-0.39, 0.29) is 0 Å². The van der Waals surface area contributed by atoms with E-state index in [2.05, 4.69) is 26.1 Å². The molecule has 0 radical (unpaired) electrons. The molecule has 0 spiro atoms. The van der Waals surface area contributed by atoms with E-state index in [0.717, 1.165) is 19.1 Å². The van der Waals surface area contributed by atoms with Crippen molar-refractivity contribution in [3.63, 3.8) is 0 Å². The number of nitrogens with one attached hydrogen (secondary N) is 1. The van der Waals surface area contributed by atoms with Gasteiger partial charge in [0.15, 0.2) is 0 Å². The van der Waals surface area contributed by atoms with Crippen molar-refractivity contribution in [2.24, 2.45) is 5.92 Å². The van der Waals surface area contributed by atoms with Gasteiger partial charge in [-0.25, -0.2) is 0 Å². The third-order valence-electron chi connectivity index (χ3n) is 3.06. The van der Waals surface area contributed by atoms with Crippen LogP contribution >= 0.6 is 0 Å². The molecule has 2 nitrogen and oxygen atoms in total. The minimum Gasteiger partial charge on any atom is -0.377 e. The Labute approximate surface area is 82.0 Å². The van der Waals surface area contributed by atoms with Crippen molar-refractivity contribution in [2.75, 3.05) is 13.2 Å². The van der Waals surface area contributed by atoms with E-state index in [0.29, 0.717) is 12.1 Å². The van der Waals surface area contributed by atoms with E-state index >= 15 is 0 Å². The lowest BCUT2D eigenvalue weighted by Gasteiger charge is -2.28. The molecule has 0 aliphatic carbocycles. The molecule has 1 N–H and O–H groups in total. The summed E-state index contributed by atoms with van der Waals surface area (Å²) in [7, 11) is 0. The summed E-state index contributed by atoms with van der Waals surface area (Å²) in [4.78, 5) is 0. The van der Waals surface area contributed by atoms with Crippen molar-refractivity contribution in [1.82, 2.24) is 5.32 Å². The summed E-state index contributed by atoms with van der Waals surface area (Å²) in [6, 6.07) is 0.567. The van der Waals surface area contributed by atoms with E-state index in [4.69, 9.17) is 4.74 Å². The second kappa shape index (κ2) is 5.61. The molecule has 3 atom stereocenters. The maximum absolute atomic E-state index is 5.73. The van der Waals surface area contributed by atoms with Crippen LogP contribution in [-0.4, -0.2) is 25.3 Å². The summed E-state index contributed by atoms with van der Waals surface area (Å²) in [5, 5.41) is 3.55. The van der Waals surface area contributed by atoms with Gasteiger partial charge >= 0.3 is 0 Å². The number of ether oxygens (including phenoxy) is 1. The summed E-state index contributed by atoms with van der Waals surface area (Å²) >= 11 is 0. The zero-order valence-electron chi connectivity index (χ0n) is 9.18. The normalized spacial score (nSPS) is 27.5. The quantitative estimate of drug-likeness (QED) is 0.709. The molecule has 3 unspecified atom stereocenters. The number of rotatable bonds is 5. The molecule has 1 saturated heterocycles. The van der Waals surface area contributed by atoms with Crippen molar-refractivity contribution in [1.29, 1.82) is 0 Å². The Kier molecular flexibility index (Phi) is 4.74. The zero-order valence-corrected chi connectivity index (χ0v) is 9.18. The molecule has 78 valence electrons. The molecule has 1 aliphatic heterocycles. The van der Waals surface area contributed by atoms with Crippen LogP contribution in [-0.2, 0) is 4.74 Å². The maximum atomic E-state index is 5.73. The smallest absolute Gasteiger partial charge is 0.0731 e. The lowest BCUT2D eigenvalue weighted by molar-refractivity contribution is 0.0604. The van der Waals surface area contributed by atoms with Crippen LogP contribution in [0.1, 0.15) is 40.0 Å². The van der Waals surface area contributed by atoms with Gasteiger partial charge in [-0.1, -0.05) is 27.2 Å². The fourth-order valence-corrected chi connectivity index (χ4v) is 2.07. The molecule has 0 bridgehead atoms. The standard InChI is InChI=1S/C11H23NO/c1-4-9(3)11(12-5-2)10-7-6-8-13-10/h9-12H,4-8H2,1-3H3. The molecule has 2 heteroatoms. The molecule has 0 aromatic rings. The summed E-state index contributed by atoms with van der Waals surface area (Å²) in [6.45, 7) is 8.75. The van der Waals surface area contributed by atoms with Crippen LogP contribution in [0.4, 0.5) is 0 Å². The average Bonchev–Trinajstić information content (AvgIpc) is 2.65. The fraction of sp³-hybridized carbons (Fsp3) is 1.00. The zero-order chi connectivity index (χ0) is 9.68. The Morgan fingerprint density at radius 2 is 2.23 bits per heavy atom. The van der Waals surface area contributed by atoms with E-state index in [1.54, 1.807) is 0 Å². The molecule has 0 aromatic carbocycles. The first-order chi connectivity index (χ1) is 6.29. The predicted octanol–water partition coefficient (Wildman–Crippen LogP) is 2.19. The Hall–Kier alpha value is -0.0800. The SMILES string of the molecule is CCNC(C(C)CC)C1CCCO1. The highest BCUT2D eigenvalue weighted by Gasteiger charge is 2.28. The second-order valence-electron chi connectivity index (χ2n) is 4.02. The molecule has 13 heavy (non-hydrogen) atoms. The Balaban J connectivity index is 2.44. The van der Waals surface area contributed by atoms with Crippen LogP contribution in [0.2, 0.25) is 0 Å². The first kappa shape index (κ1) is 11.0. The molecule has 0 aromatic heterocycles. The van der Waals surface area contributed by atoms with Gasteiger partial charge < -0.3 is 10.1 Å². The average molecular weight is 185 g/mol. The highest BCUT2D eigenvalue weighted by atomic mass is 16.5. The van der Waals surface area contributed by atoms with Gasteiger partial charge in [-0.3, -0.25) is 0 Å². The van der Waals surface area contributed by atoms with E-state index < -0.39 is 0 Å². The summed E-state index contributed by atoms with van der Waals surface area (Å²) in [5.41, 5.74) is 0. The van der Waals surface area contributed by atoms with E-state index in [1.807, 2.05) is 0 Å².